The summed E-state index contributed by atoms with van der Waals surface area (Å²) in [6.07, 6.45) is 8.94. The van der Waals surface area contributed by atoms with Gasteiger partial charge in [0.25, 0.3) is 5.91 Å². The van der Waals surface area contributed by atoms with Crippen LogP contribution in [0.1, 0.15) is 52.5 Å². The van der Waals surface area contributed by atoms with Crippen molar-refractivity contribution in [1.29, 1.82) is 0 Å². The summed E-state index contributed by atoms with van der Waals surface area (Å²) in [7, 11) is 0. The Kier molecular flexibility index (Phi) is 4.97. The lowest BCUT2D eigenvalue weighted by molar-refractivity contribution is -0.00468. The van der Waals surface area contributed by atoms with Crippen molar-refractivity contribution >= 4 is 5.91 Å². The number of rotatable bonds is 4. The summed E-state index contributed by atoms with van der Waals surface area (Å²) >= 11 is 0. The van der Waals surface area contributed by atoms with Crippen LogP contribution in [0.2, 0.25) is 0 Å². The van der Waals surface area contributed by atoms with Crippen LogP contribution in [0.3, 0.4) is 0 Å². The average molecular weight is 356 g/mol. The summed E-state index contributed by atoms with van der Waals surface area (Å²) in [6, 6.07) is 0.0218. The van der Waals surface area contributed by atoms with E-state index in [-0.39, 0.29) is 11.9 Å². The van der Waals surface area contributed by atoms with Gasteiger partial charge in [0.15, 0.2) is 5.69 Å². The molecule has 138 valence electrons. The monoisotopic (exact) mass is 356 g/mol. The Morgan fingerprint density at radius 1 is 1.27 bits per heavy atom. The van der Waals surface area contributed by atoms with Crippen LogP contribution in [-0.2, 0) is 24.0 Å². The van der Waals surface area contributed by atoms with E-state index < -0.39 is 0 Å². The van der Waals surface area contributed by atoms with Gasteiger partial charge < -0.3 is 14.2 Å². The second-order valence-electron chi connectivity index (χ2n) is 6.99. The summed E-state index contributed by atoms with van der Waals surface area (Å²) in [5.74, 6) is 0.862. The molecule has 2 aromatic heterocycles. The average Bonchev–Trinajstić information content (AvgIpc) is 3.11. The molecule has 0 bridgehead atoms. The molecule has 1 amide bonds. The Hall–Kier alpha value is -2.28. The van der Waals surface area contributed by atoms with Crippen LogP contribution in [-0.4, -0.2) is 51.7 Å². The van der Waals surface area contributed by atoms with Crippen LogP contribution in [0.4, 0.5) is 0 Å². The van der Waals surface area contributed by atoms with Crippen molar-refractivity contribution in [3.05, 3.63) is 40.8 Å². The Morgan fingerprint density at radius 2 is 2.12 bits per heavy atom. The zero-order valence-corrected chi connectivity index (χ0v) is 15.1. The molecule has 4 rings (SSSR count). The Morgan fingerprint density at radius 3 is 3.00 bits per heavy atom. The Bertz CT molecular complexity index is 789. The van der Waals surface area contributed by atoms with E-state index in [0.29, 0.717) is 25.5 Å². The summed E-state index contributed by atoms with van der Waals surface area (Å²) in [4.78, 5) is 23.7. The van der Waals surface area contributed by atoms with Crippen LogP contribution >= 0.6 is 0 Å². The number of hydrogen-bond donors (Lipinski definition) is 0. The molecule has 26 heavy (non-hydrogen) atoms. The van der Waals surface area contributed by atoms with E-state index in [1.165, 1.54) is 0 Å². The van der Waals surface area contributed by atoms with Crippen molar-refractivity contribution in [2.45, 2.75) is 51.5 Å². The lowest BCUT2D eigenvalue weighted by Crippen LogP contribution is -2.49. The first kappa shape index (κ1) is 17.1. The van der Waals surface area contributed by atoms with E-state index in [4.69, 9.17) is 9.26 Å². The highest BCUT2D eigenvalue weighted by atomic mass is 16.5. The van der Waals surface area contributed by atoms with Crippen molar-refractivity contribution in [1.82, 2.24) is 20.0 Å². The molecule has 7 heteroatoms. The first-order chi connectivity index (χ1) is 12.7. The minimum atomic E-state index is -0.0268. The van der Waals surface area contributed by atoms with Gasteiger partial charge in [0.1, 0.15) is 5.76 Å². The number of morpholine rings is 1. The smallest absolute Gasteiger partial charge is 0.276 e. The third-order valence-corrected chi connectivity index (χ3v) is 5.34. The Labute approximate surface area is 152 Å². The van der Waals surface area contributed by atoms with Crippen molar-refractivity contribution < 1.29 is 14.1 Å². The summed E-state index contributed by atoms with van der Waals surface area (Å²) in [5.41, 5.74) is 3.43. The highest BCUT2D eigenvalue weighted by Crippen LogP contribution is 2.26. The van der Waals surface area contributed by atoms with Crippen LogP contribution < -0.4 is 0 Å². The van der Waals surface area contributed by atoms with E-state index in [2.05, 4.69) is 15.1 Å². The maximum absolute atomic E-state index is 13.1. The third-order valence-electron chi connectivity index (χ3n) is 5.34. The molecule has 1 fully saturated rings. The molecule has 3 heterocycles. The molecule has 0 aromatic carbocycles. The first-order valence-corrected chi connectivity index (χ1v) is 9.36. The van der Waals surface area contributed by atoms with Gasteiger partial charge in [-0.15, -0.1) is 0 Å². The Balaban J connectivity index is 1.49. The fourth-order valence-corrected chi connectivity index (χ4v) is 3.84. The minimum Gasteiger partial charge on any atom is -0.377 e. The van der Waals surface area contributed by atoms with Crippen molar-refractivity contribution in [3.8, 4) is 0 Å². The molecule has 0 radical (unpaired) electrons. The first-order valence-electron chi connectivity index (χ1n) is 9.36. The maximum Gasteiger partial charge on any atom is 0.276 e. The van der Waals surface area contributed by atoms with Crippen LogP contribution in [0, 0.1) is 6.92 Å². The number of aromatic nitrogens is 3. The molecule has 0 N–H and O–H groups in total. The fourth-order valence-electron chi connectivity index (χ4n) is 3.84. The standard InChI is InChI=1S/C19H24N4O3/c1-13-16(21-9-8-20-13)7-6-14-12-25-11-10-23(14)19(24)18-15-4-2-3-5-17(15)26-22-18/h8-9,14H,2-7,10-12H2,1H3/t14-/m0/s1. The molecular formula is C19H24N4O3. The van der Waals surface area contributed by atoms with Gasteiger partial charge >= 0.3 is 0 Å². The minimum absolute atomic E-state index is 0.0218. The number of carbonyl (C=O) groups excluding carboxylic acids is 1. The lowest BCUT2D eigenvalue weighted by Gasteiger charge is -2.35. The van der Waals surface area contributed by atoms with E-state index in [1.807, 2.05) is 11.8 Å². The highest BCUT2D eigenvalue weighted by molar-refractivity contribution is 5.94. The zero-order chi connectivity index (χ0) is 17.9. The molecule has 0 unspecified atom stereocenters. The van der Waals surface area contributed by atoms with Gasteiger partial charge in [-0.1, -0.05) is 5.16 Å². The number of carbonyl (C=O) groups is 1. The van der Waals surface area contributed by atoms with Gasteiger partial charge in [-0.3, -0.25) is 14.8 Å². The summed E-state index contributed by atoms with van der Waals surface area (Å²) in [6.45, 7) is 3.66. The van der Waals surface area contributed by atoms with Crippen LogP contribution in [0.25, 0.3) is 0 Å². The SMILES string of the molecule is Cc1nccnc1CC[C@H]1COCCN1C(=O)c1noc2c1CCCC2. The number of hydrogen-bond acceptors (Lipinski definition) is 6. The third kappa shape index (κ3) is 3.35. The predicted molar refractivity (Wildman–Crippen MR) is 93.9 cm³/mol. The van der Waals surface area contributed by atoms with Crippen LogP contribution in [0.15, 0.2) is 16.9 Å². The number of amides is 1. The molecule has 0 saturated carbocycles. The van der Waals surface area contributed by atoms with Crippen molar-refractivity contribution in [2.75, 3.05) is 19.8 Å². The topological polar surface area (TPSA) is 81.4 Å². The van der Waals surface area contributed by atoms with Crippen molar-refractivity contribution in [3.63, 3.8) is 0 Å². The molecule has 1 atom stereocenters. The second-order valence-corrected chi connectivity index (χ2v) is 6.99. The highest BCUT2D eigenvalue weighted by Gasteiger charge is 2.33. The molecule has 1 aliphatic heterocycles. The molecule has 1 saturated heterocycles. The summed E-state index contributed by atoms with van der Waals surface area (Å²) in [5, 5.41) is 4.11. The van der Waals surface area contributed by atoms with Gasteiger partial charge in [-0.25, -0.2) is 0 Å². The van der Waals surface area contributed by atoms with Gasteiger partial charge in [0.05, 0.1) is 30.6 Å². The van der Waals surface area contributed by atoms with E-state index in [9.17, 15) is 4.79 Å². The van der Waals surface area contributed by atoms with Gasteiger partial charge in [-0.05, 0) is 39.0 Å². The fraction of sp³-hybridized carbons (Fsp3) is 0.579. The maximum atomic E-state index is 13.1. The quantitative estimate of drug-likeness (QED) is 0.835. The molecule has 2 aliphatic rings. The van der Waals surface area contributed by atoms with Crippen molar-refractivity contribution in [2.24, 2.45) is 0 Å². The number of ether oxygens (including phenoxy) is 1. The van der Waals surface area contributed by atoms with E-state index in [0.717, 1.165) is 61.2 Å². The predicted octanol–water partition coefficient (Wildman–Crippen LogP) is 2.13. The van der Waals surface area contributed by atoms with Crippen LogP contribution in [0.5, 0.6) is 0 Å². The molecule has 2 aromatic rings. The molecule has 7 nitrogen and oxygen atoms in total. The largest absolute Gasteiger partial charge is 0.377 e. The number of fused-ring (bicyclic) bond motifs is 1. The number of nitrogens with zero attached hydrogens (tertiary/aromatic N) is 4. The molecule has 1 aliphatic carbocycles. The zero-order valence-electron chi connectivity index (χ0n) is 15.1. The van der Waals surface area contributed by atoms with E-state index in [1.54, 1.807) is 12.4 Å². The molecular weight excluding hydrogens is 332 g/mol. The van der Waals surface area contributed by atoms with Gasteiger partial charge in [-0.2, -0.15) is 0 Å². The second kappa shape index (κ2) is 7.53. The van der Waals surface area contributed by atoms with Gasteiger partial charge in [0, 0.05) is 30.9 Å². The normalized spacial score (nSPS) is 20.0. The lowest BCUT2D eigenvalue weighted by atomic mass is 9.95. The molecule has 0 spiro atoms. The summed E-state index contributed by atoms with van der Waals surface area (Å²) < 4.78 is 11.1. The number of aryl methyl sites for hydroxylation is 3. The van der Waals surface area contributed by atoms with E-state index >= 15 is 0 Å². The van der Waals surface area contributed by atoms with Gasteiger partial charge in [0.2, 0.25) is 0 Å².